The Morgan fingerprint density at radius 1 is 1.58 bits per heavy atom. The molecule has 0 aromatic carbocycles. The lowest BCUT2D eigenvalue weighted by Gasteiger charge is -2.05. The zero-order valence-corrected chi connectivity index (χ0v) is 7.64. The molecule has 2 nitrogen and oxygen atoms in total. The van der Waals surface area contributed by atoms with E-state index in [4.69, 9.17) is 0 Å². The molecule has 0 unspecified atom stereocenters. The third-order valence-electron chi connectivity index (χ3n) is 1.75. The zero-order chi connectivity index (χ0) is 8.81. The summed E-state index contributed by atoms with van der Waals surface area (Å²) in [5, 5.41) is 3.28. The molecular formula is C10H16N2. The number of allylic oxidation sites excluding steroid dienone is 2. The Hall–Kier alpha value is -0.890. The topological polar surface area (TPSA) is 24.4 Å². The van der Waals surface area contributed by atoms with Gasteiger partial charge < -0.3 is 5.32 Å². The van der Waals surface area contributed by atoms with Gasteiger partial charge in [-0.2, -0.15) is 0 Å². The highest BCUT2D eigenvalue weighted by Crippen LogP contribution is 1.98. The molecule has 0 spiro atoms. The molecule has 0 saturated carbocycles. The lowest BCUT2D eigenvalue weighted by Crippen LogP contribution is -2.18. The van der Waals surface area contributed by atoms with Crippen molar-refractivity contribution in [3.05, 3.63) is 24.4 Å². The van der Waals surface area contributed by atoms with Crippen LogP contribution >= 0.6 is 0 Å². The predicted molar refractivity (Wildman–Crippen MR) is 53.5 cm³/mol. The Morgan fingerprint density at radius 2 is 2.42 bits per heavy atom. The Bertz CT molecular complexity index is 214. The van der Waals surface area contributed by atoms with Crippen LogP contribution in [-0.4, -0.2) is 18.8 Å². The van der Waals surface area contributed by atoms with Gasteiger partial charge in [-0.1, -0.05) is 12.7 Å². The molecule has 66 valence electrons. The van der Waals surface area contributed by atoms with Gasteiger partial charge in [-0.3, -0.25) is 4.99 Å². The number of hydrogen-bond donors (Lipinski definition) is 1. The summed E-state index contributed by atoms with van der Waals surface area (Å²) >= 11 is 0. The van der Waals surface area contributed by atoms with Gasteiger partial charge in [-0.15, -0.1) is 0 Å². The third-order valence-corrected chi connectivity index (χ3v) is 1.75. The molecule has 0 fully saturated rings. The van der Waals surface area contributed by atoms with Gasteiger partial charge in [0.15, 0.2) is 0 Å². The van der Waals surface area contributed by atoms with Gasteiger partial charge in [0.05, 0.1) is 0 Å². The Kier molecular flexibility index (Phi) is 3.74. The highest BCUT2D eigenvalue weighted by Gasteiger charge is 1.94. The van der Waals surface area contributed by atoms with Crippen LogP contribution < -0.4 is 5.32 Å². The van der Waals surface area contributed by atoms with Crippen molar-refractivity contribution in [2.75, 3.05) is 13.1 Å². The summed E-state index contributed by atoms with van der Waals surface area (Å²) in [6.07, 6.45) is 6.55. The molecule has 0 radical (unpaired) electrons. The van der Waals surface area contributed by atoms with Crippen molar-refractivity contribution in [3.63, 3.8) is 0 Å². The largest absolute Gasteiger partial charge is 0.311 e. The molecule has 0 aliphatic carbocycles. The first-order chi connectivity index (χ1) is 5.79. The second-order valence-electron chi connectivity index (χ2n) is 3.04. The summed E-state index contributed by atoms with van der Waals surface area (Å²) in [6.45, 7) is 7.72. The zero-order valence-electron chi connectivity index (χ0n) is 7.64. The molecule has 0 aromatic heterocycles. The van der Waals surface area contributed by atoms with E-state index in [0.717, 1.165) is 30.9 Å². The van der Waals surface area contributed by atoms with E-state index in [2.05, 4.69) is 29.0 Å². The Labute approximate surface area is 74.1 Å². The second kappa shape index (κ2) is 4.88. The van der Waals surface area contributed by atoms with Gasteiger partial charge in [0.1, 0.15) is 0 Å². The van der Waals surface area contributed by atoms with Crippen LogP contribution in [0.15, 0.2) is 29.4 Å². The molecule has 0 saturated heterocycles. The molecule has 1 rings (SSSR count). The molecule has 1 aliphatic rings. The van der Waals surface area contributed by atoms with Crippen molar-refractivity contribution in [1.82, 2.24) is 5.32 Å². The highest BCUT2D eigenvalue weighted by molar-refractivity contribution is 5.93. The Morgan fingerprint density at radius 3 is 3.25 bits per heavy atom. The van der Waals surface area contributed by atoms with Gasteiger partial charge in [0.25, 0.3) is 0 Å². The van der Waals surface area contributed by atoms with E-state index in [-0.39, 0.29) is 0 Å². The van der Waals surface area contributed by atoms with Crippen LogP contribution in [0.1, 0.15) is 19.8 Å². The average Bonchev–Trinajstić information content (AvgIpc) is 2.02. The van der Waals surface area contributed by atoms with Gasteiger partial charge >= 0.3 is 0 Å². The van der Waals surface area contributed by atoms with Gasteiger partial charge in [-0.05, 0) is 32.4 Å². The van der Waals surface area contributed by atoms with Crippen LogP contribution in [0.3, 0.4) is 0 Å². The van der Waals surface area contributed by atoms with E-state index in [1.54, 1.807) is 0 Å². The first kappa shape index (κ1) is 9.20. The number of rotatable bonds is 0. The molecule has 1 aliphatic heterocycles. The Balaban J connectivity index is 2.60. The van der Waals surface area contributed by atoms with Crippen molar-refractivity contribution >= 4 is 5.71 Å². The van der Waals surface area contributed by atoms with Gasteiger partial charge in [0.2, 0.25) is 0 Å². The van der Waals surface area contributed by atoms with Crippen LogP contribution in [-0.2, 0) is 0 Å². The minimum absolute atomic E-state index is 0.811. The van der Waals surface area contributed by atoms with Crippen molar-refractivity contribution < 1.29 is 0 Å². The second-order valence-corrected chi connectivity index (χ2v) is 3.04. The summed E-state index contributed by atoms with van der Waals surface area (Å²) in [6, 6.07) is 0. The smallest absolute Gasteiger partial charge is 0.0473 e. The van der Waals surface area contributed by atoms with Crippen LogP contribution in [0.5, 0.6) is 0 Å². The highest BCUT2D eigenvalue weighted by atomic mass is 14.9. The minimum Gasteiger partial charge on any atom is -0.311 e. The van der Waals surface area contributed by atoms with E-state index in [0.29, 0.717) is 0 Å². The fourth-order valence-electron chi connectivity index (χ4n) is 1.16. The minimum atomic E-state index is 0.811. The third kappa shape index (κ3) is 3.49. The predicted octanol–water partition coefficient (Wildman–Crippen LogP) is 1.90. The SMILES string of the molecule is C=C1CNCCC/C=C\C(C)=N1. The lowest BCUT2D eigenvalue weighted by atomic mass is 10.2. The fraction of sp³-hybridized carbons (Fsp3) is 0.500. The van der Waals surface area contributed by atoms with Crippen LogP contribution in [0.25, 0.3) is 0 Å². The summed E-state index contributed by atoms with van der Waals surface area (Å²) in [5.74, 6) is 0. The molecule has 2 heteroatoms. The van der Waals surface area contributed by atoms with Crippen LogP contribution in [0.4, 0.5) is 0 Å². The molecular weight excluding hydrogens is 148 g/mol. The van der Waals surface area contributed by atoms with Crippen molar-refractivity contribution in [3.8, 4) is 0 Å². The van der Waals surface area contributed by atoms with E-state index in [1.807, 2.05) is 6.92 Å². The van der Waals surface area contributed by atoms with E-state index < -0.39 is 0 Å². The molecule has 0 atom stereocenters. The summed E-state index contributed by atoms with van der Waals surface area (Å²) in [4.78, 5) is 4.31. The number of aliphatic imine (C=N–C) groups is 1. The summed E-state index contributed by atoms with van der Waals surface area (Å²) in [5.41, 5.74) is 1.96. The molecule has 1 heterocycles. The monoisotopic (exact) mass is 164 g/mol. The maximum absolute atomic E-state index is 4.31. The van der Waals surface area contributed by atoms with E-state index in [1.165, 1.54) is 6.42 Å². The van der Waals surface area contributed by atoms with E-state index in [9.17, 15) is 0 Å². The first-order valence-corrected chi connectivity index (χ1v) is 4.39. The van der Waals surface area contributed by atoms with Crippen LogP contribution in [0, 0.1) is 0 Å². The molecule has 12 heavy (non-hydrogen) atoms. The van der Waals surface area contributed by atoms with Gasteiger partial charge in [-0.25, -0.2) is 0 Å². The van der Waals surface area contributed by atoms with E-state index >= 15 is 0 Å². The van der Waals surface area contributed by atoms with Crippen molar-refractivity contribution in [2.24, 2.45) is 4.99 Å². The quantitative estimate of drug-likeness (QED) is 0.581. The molecule has 0 bridgehead atoms. The maximum Gasteiger partial charge on any atom is 0.0473 e. The standard InChI is InChI=1S/C10H16N2/c1-9-6-4-3-5-7-11-8-10(2)12-9/h4,6,11H,2-3,5,7-8H2,1H3/b6-4-,12-9?. The summed E-state index contributed by atoms with van der Waals surface area (Å²) < 4.78 is 0. The average molecular weight is 164 g/mol. The van der Waals surface area contributed by atoms with Gasteiger partial charge in [0, 0.05) is 18.0 Å². The number of hydrogen-bond acceptors (Lipinski definition) is 2. The summed E-state index contributed by atoms with van der Waals surface area (Å²) in [7, 11) is 0. The normalized spacial score (nSPS) is 23.1. The van der Waals surface area contributed by atoms with Crippen molar-refractivity contribution in [1.29, 1.82) is 0 Å². The fourth-order valence-corrected chi connectivity index (χ4v) is 1.16. The number of nitrogens with one attached hydrogen (secondary N) is 1. The molecule has 1 N–H and O–H groups in total. The lowest BCUT2D eigenvalue weighted by molar-refractivity contribution is 0.686. The first-order valence-electron chi connectivity index (χ1n) is 4.39. The number of nitrogens with zero attached hydrogens (tertiary/aromatic N) is 1. The molecule has 0 amide bonds. The maximum atomic E-state index is 4.31. The van der Waals surface area contributed by atoms with Crippen LogP contribution in [0.2, 0.25) is 0 Å². The molecule has 0 aromatic rings. The van der Waals surface area contributed by atoms with Crippen molar-refractivity contribution in [2.45, 2.75) is 19.8 Å².